The minimum atomic E-state index is -2.31. The van der Waals surface area contributed by atoms with Gasteiger partial charge in [0.25, 0.3) is 5.91 Å². The van der Waals surface area contributed by atoms with E-state index in [2.05, 4.69) is 10.1 Å². The first-order chi connectivity index (χ1) is 15.2. The van der Waals surface area contributed by atoms with Crippen molar-refractivity contribution in [2.45, 2.75) is 20.4 Å². The van der Waals surface area contributed by atoms with E-state index in [4.69, 9.17) is 0 Å². The van der Waals surface area contributed by atoms with E-state index in [1.165, 1.54) is 6.07 Å². The summed E-state index contributed by atoms with van der Waals surface area (Å²) in [5.74, 6) is -11.9. The zero-order valence-corrected chi connectivity index (χ0v) is 16.8. The first-order valence-electron chi connectivity index (χ1n) is 9.49. The summed E-state index contributed by atoms with van der Waals surface area (Å²) in [4.78, 5) is 17.5. The van der Waals surface area contributed by atoms with E-state index in [0.29, 0.717) is 28.7 Å². The minimum absolute atomic E-state index is 0.0572. The Bertz CT molecular complexity index is 1350. The summed E-state index contributed by atoms with van der Waals surface area (Å²) in [5.41, 5.74) is 0.686. The number of aromatic nitrogens is 3. The number of benzene rings is 2. The first kappa shape index (κ1) is 21.4. The highest BCUT2D eigenvalue weighted by atomic mass is 19.2. The summed E-state index contributed by atoms with van der Waals surface area (Å²) in [6.07, 6.45) is 1.57. The average molecular weight is 446 g/mol. The Balaban J connectivity index is 1.86. The highest BCUT2D eigenvalue weighted by molar-refractivity contribution is 6.13. The second-order valence-corrected chi connectivity index (χ2v) is 6.93. The van der Waals surface area contributed by atoms with Crippen molar-refractivity contribution in [2.75, 3.05) is 5.32 Å². The third kappa shape index (κ3) is 3.37. The lowest BCUT2D eigenvalue weighted by Crippen LogP contribution is -2.17. The molecule has 2 aromatic carbocycles. The van der Waals surface area contributed by atoms with Crippen LogP contribution in [0.1, 0.15) is 23.0 Å². The Kier molecular flexibility index (Phi) is 5.37. The zero-order chi connectivity index (χ0) is 23.2. The number of hydrogen-bond donors (Lipinski definition) is 1. The van der Waals surface area contributed by atoms with Crippen molar-refractivity contribution in [3.05, 3.63) is 76.9 Å². The number of nitrogens with zero attached hydrogens (tertiary/aromatic N) is 3. The predicted molar refractivity (Wildman–Crippen MR) is 108 cm³/mol. The van der Waals surface area contributed by atoms with Crippen molar-refractivity contribution in [2.24, 2.45) is 0 Å². The van der Waals surface area contributed by atoms with E-state index in [1.807, 2.05) is 19.2 Å². The Morgan fingerprint density at radius 3 is 2.25 bits per heavy atom. The Morgan fingerprint density at radius 1 is 1.00 bits per heavy atom. The number of rotatable bonds is 4. The standard InChI is InChI=1S/C22H15F5N4O/c1-3-31-10(2)13(9-28-31)15-8-12(11-6-4-5-7-14(11)29-15)22(32)30-21-19(26)17(24)16(23)18(25)20(21)27/h4-9H,3H2,1-2H3,(H,30,32). The molecule has 0 aliphatic heterocycles. The minimum Gasteiger partial charge on any atom is -0.317 e. The Hall–Kier alpha value is -3.82. The Labute approximate surface area is 178 Å². The molecule has 5 nitrogen and oxygen atoms in total. The van der Waals surface area contributed by atoms with Crippen molar-refractivity contribution in [1.82, 2.24) is 14.8 Å². The largest absolute Gasteiger partial charge is 0.317 e. The van der Waals surface area contributed by atoms with Crippen LogP contribution in [0, 0.1) is 36.0 Å². The monoisotopic (exact) mass is 446 g/mol. The van der Waals surface area contributed by atoms with Gasteiger partial charge in [-0.1, -0.05) is 18.2 Å². The van der Waals surface area contributed by atoms with Crippen LogP contribution in [0.15, 0.2) is 36.5 Å². The molecule has 0 atom stereocenters. The molecule has 0 saturated heterocycles. The molecule has 0 saturated carbocycles. The van der Waals surface area contributed by atoms with Gasteiger partial charge < -0.3 is 5.32 Å². The summed E-state index contributed by atoms with van der Waals surface area (Å²) in [6.45, 7) is 4.32. The van der Waals surface area contributed by atoms with Crippen LogP contribution in [-0.2, 0) is 6.54 Å². The predicted octanol–water partition coefficient (Wildman–Crippen LogP) is 5.37. The van der Waals surface area contributed by atoms with E-state index in [1.54, 1.807) is 35.1 Å². The van der Waals surface area contributed by atoms with Crippen LogP contribution in [-0.4, -0.2) is 20.7 Å². The molecule has 10 heteroatoms. The lowest BCUT2D eigenvalue weighted by atomic mass is 10.0. The zero-order valence-electron chi connectivity index (χ0n) is 16.8. The second kappa shape index (κ2) is 8.03. The van der Waals surface area contributed by atoms with Crippen molar-refractivity contribution < 1.29 is 26.7 Å². The summed E-state index contributed by atoms with van der Waals surface area (Å²) in [7, 11) is 0. The third-order valence-corrected chi connectivity index (χ3v) is 5.09. The molecule has 2 heterocycles. The van der Waals surface area contributed by atoms with Crippen LogP contribution in [0.2, 0.25) is 0 Å². The molecule has 32 heavy (non-hydrogen) atoms. The number of aryl methyl sites for hydroxylation is 1. The molecular formula is C22H15F5N4O. The molecule has 1 amide bonds. The second-order valence-electron chi connectivity index (χ2n) is 6.93. The van der Waals surface area contributed by atoms with E-state index >= 15 is 0 Å². The Morgan fingerprint density at radius 2 is 1.62 bits per heavy atom. The van der Waals surface area contributed by atoms with Gasteiger partial charge in [0.05, 0.1) is 23.0 Å². The van der Waals surface area contributed by atoms with E-state index in [0.717, 1.165) is 5.69 Å². The number of hydrogen-bond acceptors (Lipinski definition) is 3. The lowest BCUT2D eigenvalue weighted by molar-refractivity contribution is 0.102. The topological polar surface area (TPSA) is 59.8 Å². The van der Waals surface area contributed by atoms with Crippen LogP contribution in [0.3, 0.4) is 0 Å². The molecule has 4 rings (SSSR count). The maximum absolute atomic E-state index is 14.1. The van der Waals surface area contributed by atoms with Gasteiger partial charge in [-0.25, -0.2) is 26.9 Å². The van der Waals surface area contributed by atoms with Crippen molar-refractivity contribution >= 4 is 22.5 Å². The van der Waals surface area contributed by atoms with Crippen molar-refractivity contribution in [1.29, 1.82) is 0 Å². The maximum Gasteiger partial charge on any atom is 0.256 e. The summed E-state index contributed by atoms with van der Waals surface area (Å²) >= 11 is 0. The van der Waals surface area contributed by atoms with Crippen LogP contribution in [0.5, 0.6) is 0 Å². The normalized spacial score (nSPS) is 11.2. The van der Waals surface area contributed by atoms with Gasteiger partial charge in [-0.15, -0.1) is 0 Å². The molecule has 0 fully saturated rings. The fourth-order valence-corrected chi connectivity index (χ4v) is 3.41. The number of anilines is 1. The number of para-hydroxylation sites is 1. The maximum atomic E-state index is 14.1. The molecule has 4 aromatic rings. The molecule has 0 bridgehead atoms. The van der Waals surface area contributed by atoms with Gasteiger partial charge in [0.2, 0.25) is 5.82 Å². The highest BCUT2D eigenvalue weighted by Crippen LogP contribution is 2.30. The van der Waals surface area contributed by atoms with Crippen molar-refractivity contribution in [3.63, 3.8) is 0 Å². The van der Waals surface area contributed by atoms with E-state index < -0.39 is 40.7 Å². The number of fused-ring (bicyclic) bond motifs is 1. The van der Waals surface area contributed by atoms with Crippen molar-refractivity contribution in [3.8, 4) is 11.3 Å². The lowest BCUT2D eigenvalue weighted by Gasteiger charge is -2.12. The summed E-state index contributed by atoms with van der Waals surface area (Å²) < 4.78 is 70.3. The van der Waals surface area contributed by atoms with Crippen LogP contribution in [0.4, 0.5) is 27.6 Å². The summed E-state index contributed by atoms with van der Waals surface area (Å²) in [6, 6.07) is 7.88. The molecule has 0 aliphatic rings. The van der Waals surface area contributed by atoms with E-state index in [9.17, 15) is 26.7 Å². The van der Waals surface area contributed by atoms with Gasteiger partial charge in [-0.2, -0.15) is 5.10 Å². The first-order valence-corrected chi connectivity index (χ1v) is 9.49. The van der Waals surface area contributed by atoms with Gasteiger partial charge >= 0.3 is 0 Å². The SMILES string of the molecule is CCn1ncc(-c2cc(C(=O)Nc3c(F)c(F)c(F)c(F)c3F)c3ccccc3n2)c1C. The van der Waals surface area contributed by atoms with E-state index in [-0.39, 0.29) is 5.56 Å². The number of carbonyl (C=O) groups excluding carboxylic acids is 1. The summed E-state index contributed by atoms with van der Waals surface area (Å²) in [5, 5.41) is 6.39. The smallest absolute Gasteiger partial charge is 0.256 e. The number of amides is 1. The molecule has 1 N–H and O–H groups in total. The van der Waals surface area contributed by atoms with Gasteiger partial charge in [0.1, 0.15) is 5.69 Å². The van der Waals surface area contributed by atoms with Crippen LogP contribution >= 0.6 is 0 Å². The van der Waals surface area contributed by atoms with Gasteiger partial charge in [-0.3, -0.25) is 9.48 Å². The van der Waals surface area contributed by atoms with Crippen LogP contribution in [0.25, 0.3) is 22.2 Å². The number of carbonyl (C=O) groups is 1. The van der Waals surface area contributed by atoms with Gasteiger partial charge in [0, 0.05) is 23.2 Å². The fourth-order valence-electron chi connectivity index (χ4n) is 3.41. The quantitative estimate of drug-likeness (QED) is 0.260. The number of halogens is 5. The third-order valence-electron chi connectivity index (χ3n) is 5.09. The molecule has 164 valence electrons. The molecule has 0 spiro atoms. The number of nitrogens with one attached hydrogen (secondary N) is 1. The fraction of sp³-hybridized carbons (Fsp3) is 0.136. The number of pyridine rings is 1. The molecule has 2 aromatic heterocycles. The molecule has 0 unspecified atom stereocenters. The molecule has 0 aliphatic carbocycles. The highest BCUT2D eigenvalue weighted by Gasteiger charge is 2.27. The van der Waals surface area contributed by atoms with Gasteiger partial charge in [-0.05, 0) is 26.0 Å². The molecule has 0 radical (unpaired) electrons. The van der Waals surface area contributed by atoms with Crippen LogP contribution < -0.4 is 5.32 Å². The molecular weight excluding hydrogens is 431 g/mol. The average Bonchev–Trinajstić information content (AvgIpc) is 3.18. The van der Waals surface area contributed by atoms with Gasteiger partial charge in [0.15, 0.2) is 23.3 Å².